The van der Waals surface area contributed by atoms with Crippen LogP contribution in [0.2, 0.25) is 0 Å². The third-order valence-corrected chi connectivity index (χ3v) is 2.69. The monoisotopic (exact) mass is 235 g/mol. The number of esters is 1. The molecule has 2 rings (SSSR count). The standard InChI is InChI=1S/C10H9N3O2S/c1-2-15-10(14)8-5-16-9(13-8)7-3-11-6-12-4-7/h3-6H,2H2,1H3. The van der Waals surface area contributed by atoms with Crippen molar-refractivity contribution in [1.82, 2.24) is 15.0 Å². The normalized spacial score (nSPS) is 10.1. The first kappa shape index (κ1) is 10.7. The third kappa shape index (κ3) is 2.22. The van der Waals surface area contributed by atoms with Gasteiger partial charge in [-0.05, 0) is 6.92 Å². The summed E-state index contributed by atoms with van der Waals surface area (Å²) in [5.74, 6) is -0.401. The molecule has 0 aliphatic carbocycles. The summed E-state index contributed by atoms with van der Waals surface area (Å²) in [7, 11) is 0. The topological polar surface area (TPSA) is 65.0 Å². The lowest BCUT2D eigenvalue weighted by atomic mass is 10.3. The second kappa shape index (κ2) is 4.80. The number of ether oxygens (including phenoxy) is 1. The van der Waals surface area contributed by atoms with Gasteiger partial charge in [-0.25, -0.2) is 19.7 Å². The lowest BCUT2D eigenvalue weighted by Gasteiger charge is -1.96. The molecular formula is C10H9N3O2S. The molecule has 0 atom stereocenters. The molecule has 0 unspecified atom stereocenters. The molecule has 0 fully saturated rings. The lowest BCUT2D eigenvalue weighted by molar-refractivity contribution is 0.0520. The summed E-state index contributed by atoms with van der Waals surface area (Å²) in [6, 6.07) is 0. The Balaban J connectivity index is 2.23. The average molecular weight is 235 g/mol. The van der Waals surface area contributed by atoms with Crippen molar-refractivity contribution in [2.75, 3.05) is 6.61 Å². The maximum Gasteiger partial charge on any atom is 0.357 e. The van der Waals surface area contributed by atoms with E-state index in [-0.39, 0.29) is 0 Å². The van der Waals surface area contributed by atoms with E-state index >= 15 is 0 Å². The Hall–Kier alpha value is -1.82. The summed E-state index contributed by atoms with van der Waals surface area (Å²) in [6.45, 7) is 2.11. The number of thiazole rings is 1. The van der Waals surface area contributed by atoms with Gasteiger partial charge in [-0.1, -0.05) is 0 Å². The second-order valence-corrected chi connectivity index (χ2v) is 3.74. The molecule has 0 N–H and O–H groups in total. The number of aromatic nitrogens is 3. The van der Waals surface area contributed by atoms with Crippen LogP contribution >= 0.6 is 11.3 Å². The Labute approximate surface area is 96.2 Å². The molecule has 6 heteroatoms. The number of carbonyl (C=O) groups excluding carboxylic acids is 1. The van der Waals surface area contributed by atoms with Gasteiger partial charge in [0.1, 0.15) is 11.3 Å². The van der Waals surface area contributed by atoms with Crippen molar-refractivity contribution in [1.29, 1.82) is 0 Å². The zero-order chi connectivity index (χ0) is 11.4. The highest BCUT2D eigenvalue weighted by Gasteiger charge is 2.12. The van der Waals surface area contributed by atoms with Gasteiger partial charge in [-0.2, -0.15) is 0 Å². The van der Waals surface area contributed by atoms with Crippen molar-refractivity contribution in [3.63, 3.8) is 0 Å². The molecule has 0 aliphatic rings. The van der Waals surface area contributed by atoms with Crippen LogP contribution in [-0.2, 0) is 4.74 Å². The highest BCUT2D eigenvalue weighted by molar-refractivity contribution is 7.13. The van der Waals surface area contributed by atoms with E-state index in [0.717, 1.165) is 5.56 Å². The van der Waals surface area contributed by atoms with Gasteiger partial charge in [0, 0.05) is 23.3 Å². The van der Waals surface area contributed by atoms with Gasteiger partial charge in [0.05, 0.1) is 6.61 Å². The molecular weight excluding hydrogens is 226 g/mol. The van der Waals surface area contributed by atoms with E-state index in [1.165, 1.54) is 17.7 Å². The molecule has 0 saturated heterocycles. The van der Waals surface area contributed by atoms with Crippen LogP contribution in [0, 0.1) is 0 Å². The Morgan fingerprint density at radius 1 is 1.44 bits per heavy atom. The Bertz CT molecular complexity index is 484. The largest absolute Gasteiger partial charge is 0.461 e. The summed E-state index contributed by atoms with van der Waals surface area (Å²) in [6.07, 6.45) is 4.75. The minimum absolute atomic E-state index is 0.325. The highest BCUT2D eigenvalue weighted by atomic mass is 32.1. The van der Waals surface area contributed by atoms with E-state index in [1.54, 1.807) is 24.7 Å². The van der Waals surface area contributed by atoms with Crippen LogP contribution in [-0.4, -0.2) is 27.5 Å². The number of nitrogens with zero attached hydrogens (tertiary/aromatic N) is 3. The molecule has 0 bridgehead atoms. The van der Waals surface area contributed by atoms with Crippen LogP contribution in [0.3, 0.4) is 0 Å². The summed E-state index contributed by atoms with van der Waals surface area (Å²) >= 11 is 1.36. The molecule has 82 valence electrons. The van der Waals surface area contributed by atoms with E-state index in [9.17, 15) is 4.79 Å². The minimum atomic E-state index is -0.401. The number of hydrogen-bond acceptors (Lipinski definition) is 6. The van der Waals surface area contributed by atoms with Crippen LogP contribution in [0.1, 0.15) is 17.4 Å². The molecule has 5 nitrogen and oxygen atoms in total. The molecule has 2 heterocycles. The van der Waals surface area contributed by atoms with E-state index in [2.05, 4.69) is 15.0 Å². The van der Waals surface area contributed by atoms with E-state index in [0.29, 0.717) is 17.3 Å². The first-order chi connectivity index (χ1) is 7.81. The molecule has 0 aliphatic heterocycles. The van der Waals surface area contributed by atoms with E-state index in [4.69, 9.17) is 4.74 Å². The van der Waals surface area contributed by atoms with Gasteiger partial charge in [0.2, 0.25) is 0 Å². The van der Waals surface area contributed by atoms with Crippen LogP contribution in [0.15, 0.2) is 24.1 Å². The molecule has 16 heavy (non-hydrogen) atoms. The maximum absolute atomic E-state index is 11.4. The second-order valence-electron chi connectivity index (χ2n) is 2.89. The van der Waals surface area contributed by atoms with Crippen molar-refractivity contribution < 1.29 is 9.53 Å². The van der Waals surface area contributed by atoms with Gasteiger partial charge < -0.3 is 4.74 Å². The van der Waals surface area contributed by atoms with Crippen LogP contribution in [0.5, 0.6) is 0 Å². The summed E-state index contributed by atoms with van der Waals surface area (Å²) in [5, 5.41) is 2.38. The first-order valence-corrected chi connectivity index (χ1v) is 5.57. The fraction of sp³-hybridized carbons (Fsp3) is 0.200. The maximum atomic E-state index is 11.4. The molecule has 0 spiro atoms. The predicted molar refractivity (Wildman–Crippen MR) is 59.1 cm³/mol. The van der Waals surface area contributed by atoms with Gasteiger partial charge in [0.15, 0.2) is 5.69 Å². The number of hydrogen-bond donors (Lipinski definition) is 0. The van der Waals surface area contributed by atoms with Crippen LogP contribution in [0.25, 0.3) is 10.6 Å². The van der Waals surface area contributed by atoms with Gasteiger partial charge in [-0.15, -0.1) is 11.3 Å². The average Bonchev–Trinajstić information content (AvgIpc) is 2.80. The Morgan fingerprint density at radius 2 is 2.19 bits per heavy atom. The molecule has 2 aromatic rings. The Morgan fingerprint density at radius 3 is 2.88 bits per heavy atom. The fourth-order valence-corrected chi connectivity index (χ4v) is 1.88. The van der Waals surface area contributed by atoms with Crippen LogP contribution < -0.4 is 0 Å². The fourth-order valence-electron chi connectivity index (χ4n) is 1.11. The molecule has 0 radical (unpaired) electrons. The smallest absolute Gasteiger partial charge is 0.357 e. The molecule has 0 amide bonds. The third-order valence-electron chi connectivity index (χ3n) is 1.80. The first-order valence-electron chi connectivity index (χ1n) is 4.69. The van der Waals surface area contributed by atoms with E-state index in [1.807, 2.05) is 0 Å². The summed E-state index contributed by atoms with van der Waals surface area (Å²) in [4.78, 5) is 23.3. The lowest BCUT2D eigenvalue weighted by Crippen LogP contribution is -2.04. The van der Waals surface area contributed by atoms with Crippen molar-refractivity contribution in [2.45, 2.75) is 6.92 Å². The number of carbonyl (C=O) groups is 1. The predicted octanol–water partition coefficient (Wildman–Crippen LogP) is 1.78. The Kier molecular flexibility index (Phi) is 3.21. The summed E-state index contributed by atoms with van der Waals surface area (Å²) in [5.41, 5.74) is 1.12. The van der Waals surface area contributed by atoms with E-state index < -0.39 is 5.97 Å². The zero-order valence-corrected chi connectivity index (χ0v) is 9.40. The quantitative estimate of drug-likeness (QED) is 0.759. The van der Waals surface area contributed by atoms with Crippen molar-refractivity contribution >= 4 is 17.3 Å². The molecule has 0 saturated carbocycles. The molecule has 2 aromatic heterocycles. The van der Waals surface area contributed by atoms with Crippen molar-refractivity contribution in [2.24, 2.45) is 0 Å². The SMILES string of the molecule is CCOC(=O)c1csc(-c2cncnc2)n1. The summed E-state index contributed by atoms with van der Waals surface area (Å²) < 4.78 is 4.85. The van der Waals surface area contributed by atoms with Gasteiger partial charge >= 0.3 is 5.97 Å². The zero-order valence-electron chi connectivity index (χ0n) is 8.58. The minimum Gasteiger partial charge on any atom is -0.461 e. The highest BCUT2D eigenvalue weighted by Crippen LogP contribution is 2.22. The number of rotatable bonds is 3. The van der Waals surface area contributed by atoms with Gasteiger partial charge in [0.25, 0.3) is 0 Å². The van der Waals surface area contributed by atoms with Crippen LogP contribution in [0.4, 0.5) is 0 Å². The van der Waals surface area contributed by atoms with Gasteiger partial charge in [-0.3, -0.25) is 0 Å². The molecule has 0 aromatic carbocycles. The van der Waals surface area contributed by atoms with Crippen molar-refractivity contribution in [3.05, 3.63) is 29.8 Å². The van der Waals surface area contributed by atoms with Crippen molar-refractivity contribution in [3.8, 4) is 10.6 Å².